The summed E-state index contributed by atoms with van der Waals surface area (Å²) in [7, 11) is 1.54. The van der Waals surface area contributed by atoms with Crippen LogP contribution in [0.3, 0.4) is 0 Å². The SMILES string of the molecule is COc1ccc(NC(=O)Cc2csc(Nc3ccccc3)n2)cc1Cl. The number of thiazole rings is 1. The van der Waals surface area contributed by atoms with Crippen LogP contribution in [0.2, 0.25) is 5.02 Å². The summed E-state index contributed by atoms with van der Waals surface area (Å²) in [6.07, 6.45) is 0.191. The molecule has 1 aromatic heterocycles. The molecule has 25 heavy (non-hydrogen) atoms. The molecule has 0 radical (unpaired) electrons. The van der Waals surface area contributed by atoms with Crippen LogP contribution in [-0.4, -0.2) is 18.0 Å². The molecule has 0 aliphatic rings. The lowest BCUT2D eigenvalue weighted by molar-refractivity contribution is -0.115. The molecule has 128 valence electrons. The minimum Gasteiger partial charge on any atom is -0.495 e. The molecule has 2 N–H and O–H groups in total. The maximum atomic E-state index is 12.2. The Balaban J connectivity index is 1.59. The molecule has 5 nitrogen and oxygen atoms in total. The Morgan fingerprint density at radius 2 is 2.00 bits per heavy atom. The maximum Gasteiger partial charge on any atom is 0.230 e. The minimum atomic E-state index is -0.155. The van der Waals surface area contributed by atoms with Crippen molar-refractivity contribution in [1.29, 1.82) is 0 Å². The van der Waals surface area contributed by atoms with E-state index in [2.05, 4.69) is 15.6 Å². The lowest BCUT2D eigenvalue weighted by Crippen LogP contribution is -2.14. The summed E-state index contributed by atoms with van der Waals surface area (Å²) in [6.45, 7) is 0. The number of halogens is 1. The average molecular weight is 374 g/mol. The Bertz CT molecular complexity index is 868. The van der Waals surface area contributed by atoms with Crippen LogP contribution in [0.15, 0.2) is 53.9 Å². The Labute approximate surface area is 154 Å². The fraction of sp³-hybridized carbons (Fsp3) is 0.111. The summed E-state index contributed by atoms with van der Waals surface area (Å²) < 4.78 is 5.09. The molecule has 0 atom stereocenters. The van der Waals surface area contributed by atoms with Gasteiger partial charge in [-0.05, 0) is 30.3 Å². The average Bonchev–Trinajstić information content (AvgIpc) is 3.02. The van der Waals surface area contributed by atoms with Gasteiger partial charge in [0.2, 0.25) is 5.91 Å². The number of nitrogens with one attached hydrogen (secondary N) is 2. The van der Waals surface area contributed by atoms with Gasteiger partial charge in [0.05, 0.1) is 24.2 Å². The number of benzene rings is 2. The summed E-state index contributed by atoms with van der Waals surface area (Å²) in [5, 5.41) is 9.08. The van der Waals surface area contributed by atoms with Gasteiger partial charge < -0.3 is 15.4 Å². The molecule has 2 aromatic carbocycles. The number of hydrogen-bond donors (Lipinski definition) is 2. The second-order valence-corrected chi connectivity index (χ2v) is 6.47. The summed E-state index contributed by atoms with van der Waals surface area (Å²) in [6, 6.07) is 14.9. The topological polar surface area (TPSA) is 63.2 Å². The molecule has 0 spiro atoms. The third kappa shape index (κ3) is 4.71. The number of hydrogen-bond acceptors (Lipinski definition) is 5. The molecule has 3 aromatic rings. The normalized spacial score (nSPS) is 10.3. The van der Waals surface area contributed by atoms with Crippen molar-refractivity contribution in [2.24, 2.45) is 0 Å². The van der Waals surface area contributed by atoms with Gasteiger partial charge in [0.1, 0.15) is 5.75 Å². The van der Waals surface area contributed by atoms with Crippen LogP contribution >= 0.6 is 22.9 Å². The van der Waals surface area contributed by atoms with Gasteiger partial charge in [0.15, 0.2) is 5.13 Å². The van der Waals surface area contributed by atoms with E-state index in [0.29, 0.717) is 22.2 Å². The Hall–Kier alpha value is -2.57. The number of rotatable bonds is 6. The molecule has 0 saturated heterocycles. The lowest BCUT2D eigenvalue weighted by atomic mass is 10.2. The van der Waals surface area contributed by atoms with Gasteiger partial charge in [0.25, 0.3) is 0 Å². The van der Waals surface area contributed by atoms with Crippen molar-refractivity contribution >= 4 is 45.4 Å². The van der Waals surface area contributed by atoms with Gasteiger partial charge in [-0.15, -0.1) is 11.3 Å². The van der Waals surface area contributed by atoms with Crippen LogP contribution in [-0.2, 0) is 11.2 Å². The fourth-order valence-corrected chi connectivity index (χ4v) is 3.19. The quantitative estimate of drug-likeness (QED) is 0.655. The largest absolute Gasteiger partial charge is 0.495 e. The zero-order chi connectivity index (χ0) is 17.6. The highest BCUT2D eigenvalue weighted by Crippen LogP contribution is 2.27. The van der Waals surface area contributed by atoms with Gasteiger partial charge in [-0.25, -0.2) is 4.98 Å². The number of para-hydroxylation sites is 1. The molecule has 1 heterocycles. The van der Waals surface area contributed by atoms with Gasteiger partial charge >= 0.3 is 0 Å². The van der Waals surface area contributed by atoms with E-state index in [1.165, 1.54) is 11.3 Å². The van der Waals surface area contributed by atoms with Gasteiger partial charge in [-0.3, -0.25) is 4.79 Å². The van der Waals surface area contributed by atoms with Crippen LogP contribution < -0.4 is 15.4 Å². The zero-order valence-corrected chi connectivity index (χ0v) is 15.0. The first-order valence-electron chi connectivity index (χ1n) is 7.54. The smallest absolute Gasteiger partial charge is 0.230 e. The predicted molar refractivity (Wildman–Crippen MR) is 102 cm³/mol. The molecular formula is C18H16ClN3O2S. The van der Waals surface area contributed by atoms with E-state index in [0.717, 1.165) is 10.8 Å². The highest BCUT2D eigenvalue weighted by atomic mass is 35.5. The van der Waals surface area contributed by atoms with Crippen molar-refractivity contribution in [3.8, 4) is 5.75 Å². The summed E-state index contributed by atoms with van der Waals surface area (Å²) >= 11 is 7.52. The van der Waals surface area contributed by atoms with E-state index in [4.69, 9.17) is 16.3 Å². The third-order valence-corrected chi connectivity index (χ3v) is 4.46. The third-order valence-electron chi connectivity index (χ3n) is 3.35. The lowest BCUT2D eigenvalue weighted by Gasteiger charge is -2.07. The van der Waals surface area contributed by atoms with Crippen LogP contribution in [0.1, 0.15) is 5.69 Å². The van der Waals surface area contributed by atoms with Crippen molar-refractivity contribution in [3.05, 3.63) is 64.6 Å². The molecule has 3 rings (SSSR count). The van der Waals surface area contributed by atoms with Crippen molar-refractivity contribution < 1.29 is 9.53 Å². The first kappa shape index (κ1) is 17.3. The second kappa shape index (κ2) is 8.00. The number of carbonyl (C=O) groups excluding carboxylic acids is 1. The van der Waals surface area contributed by atoms with E-state index in [1.807, 2.05) is 35.7 Å². The predicted octanol–water partition coefficient (Wildman–Crippen LogP) is 4.73. The van der Waals surface area contributed by atoms with Crippen molar-refractivity contribution in [3.63, 3.8) is 0 Å². The van der Waals surface area contributed by atoms with Crippen molar-refractivity contribution in [1.82, 2.24) is 4.98 Å². The number of carbonyl (C=O) groups is 1. The number of nitrogens with zero attached hydrogens (tertiary/aromatic N) is 1. The first-order valence-corrected chi connectivity index (χ1v) is 8.79. The number of ether oxygens (including phenoxy) is 1. The fourth-order valence-electron chi connectivity index (χ4n) is 2.20. The number of amides is 1. The van der Waals surface area contributed by atoms with Crippen LogP contribution in [0.4, 0.5) is 16.5 Å². The first-order chi connectivity index (χ1) is 12.1. The van der Waals surface area contributed by atoms with Gasteiger partial charge in [0, 0.05) is 16.8 Å². The Kier molecular flexibility index (Phi) is 5.53. The summed E-state index contributed by atoms with van der Waals surface area (Å²) in [5.41, 5.74) is 2.29. The molecule has 0 fully saturated rings. The Morgan fingerprint density at radius 1 is 1.20 bits per heavy atom. The van der Waals surface area contributed by atoms with Crippen molar-refractivity contribution in [2.45, 2.75) is 6.42 Å². The number of anilines is 3. The van der Waals surface area contributed by atoms with Gasteiger partial charge in [-0.2, -0.15) is 0 Å². The molecule has 7 heteroatoms. The van der Waals surface area contributed by atoms with E-state index in [1.54, 1.807) is 25.3 Å². The van der Waals surface area contributed by atoms with E-state index < -0.39 is 0 Å². The minimum absolute atomic E-state index is 0.155. The Morgan fingerprint density at radius 3 is 2.72 bits per heavy atom. The molecule has 1 amide bonds. The number of methoxy groups -OCH3 is 1. The molecule has 0 saturated carbocycles. The van der Waals surface area contributed by atoms with Crippen molar-refractivity contribution in [2.75, 3.05) is 17.7 Å². The summed E-state index contributed by atoms with van der Waals surface area (Å²) in [4.78, 5) is 16.6. The molecule has 0 bridgehead atoms. The molecule has 0 unspecified atom stereocenters. The molecular weight excluding hydrogens is 358 g/mol. The molecule has 0 aliphatic heterocycles. The molecule has 0 aliphatic carbocycles. The van der Waals surface area contributed by atoms with Crippen LogP contribution in [0, 0.1) is 0 Å². The van der Waals surface area contributed by atoms with Crippen LogP contribution in [0.25, 0.3) is 0 Å². The highest BCUT2D eigenvalue weighted by molar-refractivity contribution is 7.13. The summed E-state index contributed by atoms with van der Waals surface area (Å²) in [5.74, 6) is 0.411. The van der Waals surface area contributed by atoms with E-state index in [9.17, 15) is 4.79 Å². The monoisotopic (exact) mass is 373 g/mol. The zero-order valence-electron chi connectivity index (χ0n) is 13.5. The van der Waals surface area contributed by atoms with E-state index >= 15 is 0 Å². The van der Waals surface area contributed by atoms with Gasteiger partial charge in [-0.1, -0.05) is 29.8 Å². The highest BCUT2D eigenvalue weighted by Gasteiger charge is 2.10. The maximum absolute atomic E-state index is 12.2. The second-order valence-electron chi connectivity index (χ2n) is 5.21. The number of aromatic nitrogens is 1. The standard InChI is InChI=1S/C18H16ClN3O2S/c1-24-16-8-7-13(9-15(16)19)20-17(23)10-14-11-25-18(22-14)21-12-5-3-2-4-6-12/h2-9,11H,10H2,1H3,(H,20,23)(H,21,22). The van der Waals surface area contributed by atoms with E-state index in [-0.39, 0.29) is 12.3 Å². The van der Waals surface area contributed by atoms with Crippen LogP contribution in [0.5, 0.6) is 5.75 Å².